The fourth-order valence-corrected chi connectivity index (χ4v) is 5.28. The summed E-state index contributed by atoms with van der Waals surface area (Å²) in [6.45, 7) is 3.66. The van der Waals surface area contributed by atoms with Gasteiger partial charge in [-0.15, -0.1) is 0 Å². The molecule has 0 spiro atoms. The van der Waals surface area contributed by atoms with Crippen LogP contribution in [0, 0.1) is 5.92 Å². The van der Waals surface area contributed by atoms with E-state index in [-0.39, 0.29) is 23.5 Å². The second kappa shape index (κ2) is 13.9. The van der Waals surface area contributed by atoms with Gasteiger partial charge in [-0.2, -0.15) is 0 Å². The molecule has 1 saturated heterocycles. The first kappa shape index (κ1) is 27.6. The minimum atomic E-state index is -0.571. The zero-order valence-corrected chi connectivity index (χ0v) is 22.4. The maximum atomic E-state index is 13.3. The van der Waals surface area contributed by atoms with Gasteiger partial charge in [0.25, 0.3) is 0 Å². The molecule has 1 aliphatic rings. The van der Waals surface area contributed by atoms with Crippen LogP contribution in [0.5, 0.6) is 0 Å². The van der Waals surface area contributed by atoms with Gasteiger partial charge in [0.2, 0.25) is 11.8 Å². The van der Waals surface area contributed by atoms with Gasteiger partial charge in [-0.3, -0.25) is 9.59 Å². The van der Waals surface area contributed by atoms with Crippen molar-refractivity contribution in [2.75, 3.05) is 19.6 Å². The fraction of sp³-hybridized carbons (Fsp3) is 0.452. The number of fused-ring (bicyclic) bond motifs is 1. The second-order valence-corrected chi connectivity index (χ2v) is 10.3. The minimum absolute atomic E-state index is 0.0518. The highest BCUT2D eigenvalue weighted by molar-refractivity contribution is 5.91. The molecule has 2 atom stereocenters. The Morgan fingerprint density at radius 2 is 1.79 bits per heavy atom. The molecular weight excluding hydrogens is 476 g/mol. The number of Topliss-reactive ketones (excluding diaryl/α,β-unsaturated/α-hetero) is 1. The number of benzene rings is 2. The van der Waals surface area contributed by atoms with Crippen molar-refractivity contribution in [3.63, 3.8) is 0 Å². The van der Waals surface area contributed by atoms with Crippen LogP contribution in [0.25, 0.3) is 22.2 Å². The number of aromatic nitrogens is 1. The molecular formula is C31H40N4O3. The monoisotopic (exact) mass is 516 g/mol. The van der Waals surface area contributed by atoms with E-state index in [0.29, 0.717) is 32.4 Å². The predicted molar refractivity (Wildman–Crippen MR) is 152 cm³/mol. The third-order valence-corrected chi connectivity index (χ3v) is 7.37. The molecule has 2 aromatic carbocycles. The number of para-hydroxylation sites is 1. The molecule has 4 rings (SSSR count). The Hall–Kier alpha value is -3.45. The van der Waals surface area contributed by atoms with E-state index in [0.717, 1.165) is 60.8 Å². The van der Waals surface area contributed by atoms with Crippen molar-refractivity contribution in [3.8, 4) is 11.3 Å². The van der Waals surface area contributed by atoms with Crippen molar-refractivity contribution >= 4 is 28.5 Å². The second-order valence-electron chi connectivity index (χ2n) is 10.3. The molecule has 0 aliphatic carbocycles. The normalized spacial score (nSPS) is 16.2. The maximum absolute atomic E-state index is 13.3. The van der Waals surface area contributed by atoms with E-state index in [4.69, 9.17) is 0 Å². The zero-order chi connectivity index (χ0) is 26.7. The topological polar surface area (TPSA) is 103 Å². The number of ketones is 1. The van der Waals surface area contributed by atoms with Gasteiger partial charge in [0.1, 0.15) is 11.8 Å². The molecule has 3 aromatic rings. The number of H-pyrrole nitrogens is 1. The molecule has 1 aromatic heterocycles. The predicted octanol–water partition coefficient (Wildman–Crippen LogP) is 4.52. The van der Waals surface area contributed by atoms with Gasteiger partial charge in [0.05, 0.1) is 5.92 Å². The van der Waals surface area contributed by atoms with E-state index in [1.165, 1.54) is 5.56 Å². The van der Waals surface area contributed by atoms with Gasteiger partial charge in [-0.1, -0.05) is 61.4 Å². The van der Waals surface area contributed by atoms with Crippen molar-refractivity contribution in [1.29, 1.82) is 0 Å². The first-order valence-electron chi connectivity index (χ1n) is 14.0. The number of piperidine rings is 1. The molecule has 38 heavy (non-hydrogen) atoms. The number of aromatic amines is 1. The number of carbonyl (C=O) groups excluding carboxylic acids is 3. The van der Waals surface area contributed by atoms with Gasteiger partial charge < -0.3 is 25.7 Å². The minimum Gasteiger partial charge on any atom is -0.354 e. The summed E-state index contributed by atoms with van der Waals surface area (Å²) in [5.41, 5.74) is 4.43. The van der Waals surface area contributed by atoms with Crippen molar-refractivity contribution in [1.82, 2.24) is 20.9 Å². The number of amides is 2. The number of rotatable bonds is 13. The quantitative estimate of drug-likeness (QED) is 0.251. The SMILES string of the molecule is CC(=O)CCCCCC(NC(=O)C1CCCNC1)C(=O)NCCc1c(-c2ccccc2)[nH]c2ccccc12. The van der Waals surface area contributed by atoms with Gasteiger partial charge in [0, 0.05) is 36.1 Å². The van der Waals surface area contributed by atoms with Crippen molar-refractivity contribution in [2.45, 2.75) is 64.3 Å². The van der Waals surface area contributed by atoms with E-state index in [1.807, 2.05) is 30.3 Å². The Labute approximate surface area is 225 Å². The van der Waals surface area contributed by atoms with Crippen molar-refractivity contribution < 1.29 is 14.4 Å². The van der Waals surface area contributed by atoms with Crippen molar-refractivity contribution in [3.05, 3.63) is 60.2 Å². The van der Waals surface area contributed by atoms with E-state index in [2.05, 4.69) is 45.2 Å². The first-order valence-corrected chi connectivity index (χ1v) is 14.0. The largest absolute Gasteiger partial charge is 0.354 e. The summed E-state index contributed by atoms with van der Waals surface area (Å²) in [5, 5.41) is 10.6. The maximum Gasteiger partial charge on any atom is 0.242 e. The van der Waals surface area contributed by atoms with Crippen LogP contribution in [-0.2, 0) is 20.8 Å². The molecule has 0 bridgehead atoms. The first-order chi connectivity index (χ1) is 18.5. The lowest BCUT2D eigenvalue weighted by molar-refractivity contribution is -0.131. The summed E-state index contributed by atoms with van der Waals surface area (Å²) in [6.07, 6.45) is 6.07. The molecule has 1 fully saturated rings. The number of nitrogens with one attached hydrogen (secondary N) is 4. The average molecular weight is 517 g/mol. The van der Waals surface area contributed by atoms with E-state index in [1.54, 1.807) is 6.92 Å². The molecule has 1 aliphatic heterocycles. The summed E-state index contributed by atoms with van der Waals surface area (Å²) in [6, 6.07) is 17.9. The molecule has 7 nitrogen and oxygen atoms in total. The highest BCUT2D eigenvalue weighted by Gasteiger charge is 2.26. The molecule has 0 saturated carbocycles. The van der Waals surface area contributed by atoms with Gasteiger partial charge >= 0.3 is 0 Å². The Morgan fingerprint density at radius 3 is 2.55 bits per heavy atom. The summed E-state index contributed by atoms with van der Waals surface area (Å²) in [7, 11) is 0. The van der Waals surface area contributed by atoms with Crippen LogP contribution >= 0.6 is 0 Å². The molecule has 2 amide bonds. The summed E-state index contributed by atoms with van der Waals surface area (Å²) < 4.78 is 0. The van der Waals surface area contributed by atoms with E-state index < -0.39 is 6.04 Å². The Kier molecular flexibility index (Phi) is 10.1. The Balaban J connectivity index is 1.40. The van der Waals surface area contributed by atoms with E-state index in [9.17, 15) is 14.4 Å². The molecule has 4 N–H and O–H groups in total. The number of hydrogen-bond acceptors (Lipinski definition) is 4. The summed E-state index contributed by atoms with van der Waals surface area (Å²) in [5.74, 6) is -0.111. The van der Waals surface area contributed by atoms with E-state index >= 15 is 0 Å². The van der Waals surface area contributed by atoms with Crippen LogP contribution in [0.1, 0.15) is 57.4 Å². The highest BCUT2D eigenvalue weighted by atomic mass is 16.2. The van der Waals surface area contributed by atoms with Crippen LogP contribution in [-0.4, -0.2) is 48.3 Å². The summed E-state index contributed by atoms with van der Waals surface area (Å²) >= 11 is 0. The standard InChI is InChI=1S/C31H40N4O3/c1-22(36)11-4-2-7-17-28(35-30(37)24-14-10-19-32-21-24)31(38)33-20-18-26-25-15-8-9-16-27(25)34-29(26)23-12-5-3-6-13-23/h3,5-6,8-9,12-13,15-16,24,28,32,34H,2,4,7,10-11,14,17-21H2,1H3,(H,33,38)(H,35,37). The molecule has 0 radical (unpaired) electrons. The average Bonchev–Trinajstić information content (AvgIpc) is 3.31. The molecule has 202 valence electrons. The number of hydrogen-bond donors (Lipinski definition) is 4. The Bertz CT molecular complexity index is 1210. The smallest absolute Gasteiger partial charge is 0.242 e. The molecule has 2 unspecified atom stereocenters. The van der Waals surface area contributed by atoms with Crippen LogP contribution in [0.2, 0.25) is 0 Å². The van der Waals surface area contributed by atoms with Gasteiger partial charge in [0.15, 0.2) is 0 Å². The summed E-state index contributed by atoms with van der Waals surface area (Å²) in [4.78, 5) is 41.0. The third-order valence-electron chi connectivity index (χ3n) is 7.37. The van der Waals surface area contributed by atoms with Crippen LogP contribution in [0.4, 0.5) is 0 Å². The lowest BCUT2D eigenvalue weighted by Crippen LogP contribution is -2.50. The third kappa shape index (κ3) is 7.54. The zero-order valence-electron chi connectivity index (χ0n) is 22.4. The van der Waals surface area contributed by atoms with Crippen LogP contribution in [0.15, 0.2) is 54.6 Å². The van der Waals surface area contributed by atoms with Gasteiger partial charge in [-0.25, -0.2) is 0 Å². The molecule has 7 heteroatoms. The number of unbranched alkanes of at least 4 members (excludes halogenated alkanes) is 2. The fourth-order valence-electron chi connectivity index (χ4n) is 5.28. The van der Waals surface area contributed by atoms with Crippen molar-refractivity contribution in [2.24, 2.45) is 5.92 Å². The molecule has 2 heterocycles. The van der Waals surface area contributed by atoms with Gasteiger partial charge in [-0.05, 0) is 62.8 Å². The number of carbonyl (C=O) groups is 3. The highest BCUT2D eigenvalue weighted by Crippen LogP contribution is 2.30. The van der Waals surface area contributed by atoms with Crippen LogP contribution < -0.4 is 16.0 Å². The Morgan fingerprint density at radius 1 is 1.00 bits per heavy atom. The lowest BCUT2D eigenvalue weighted by atomic mass is 9.97. The van der Waals surface area contributed by atoms with Crippen LogP contribution in [0.3, 0.4) is 0 Å². The lowest BCUT2D eigenvalue weighted by Gasteiger charge is -2.25.